The molecule has 45 heavy (non-hydrogen) atoms. The maximum atomic E-state index is 6.32. The van der Waals surface area contributed by atoms with Crippen LogP contribution in [0.4, 0.5) is 0 Å². The van der Waals surface area contributed by atoms with Gasteiger partial charge in [0, 0.05) is 49.1 Å². The summed E-state index contributed by atoms with van der Waals surface area (Å²) in [6, 6.07) is 42.7. The van der Waals surface area contributed by atoms with Gasteiger partial charge in [0.2, 0.25) is 0 Å². The Balaban J connectivity index is 0.000000231. The van der Waals surface area contributed by atoms with Crippen LogP contribution < -0.4 is 0 Å². The van der Waals surface area contributed by atoms with Crippen LogP contribution in [0.2, 0.25) is 0 Å². The number of furan rings is 1. The van der Waals surface area contributed by atoms with E-state index in [1.165, 1.54) is 0 Å². The van der Waals surface area contributed by atoms with Crippen LogP contribution in [0.3, 0.4) is 0 Å². The quantitative estimate of drug-likeness (QED) is 0.168. The molecule has 0 N–H and O–H groups in total. The largest absolute Gasteiger partial charge is 0.501 e. The SMILES string of the molecule is CC(C)(C)c1cncc2c1nc(-c1[c-]ccc3c1oc1ccccc13)n2-c1ccccc1.[Ir].[c-]1ccccc1-c1ccccn1. The van der Waals surface area contributed by atoms with Gasteiger partial charge in [0.05, 0.1) is 28.6 Å². The van der Waals surface area contributed by atoms with Gasteiger partial charge in [-0.1, -0.05) is 80.3 Å². The standard InChI is InChI=1S/C28H22N3O.C11H8N.Ir/c1-28(2,3)22-16-29-17-23-25(22)30-27(31(23)18-10-5-4-6-11-18)21-14-9-13-20-19-12-7-8-15-24(19)32-26(20)21;1-2-6-10(7-3-1)11-8-4-5-9-12-11;/h4-13,15-17H,1-3H3;1-6,8-9H;/q2*-1;. The molecule has 0 unspecified atom stereocenters. The van der Waals surface area contributed by atoms with Crippen molar-refractivity contribution in [3.05, 3.63) is 145 Å². The third-order valence-electron chi connectivity index (χ3n) is 7.60. The van der Waals surface area contributed by atoms with E-state index in [-0.39, 0.29) is 25.5 Å². The van der Waals surface area contributed by atoms with E-state index in [1.54, 1.807) is 6.20 Å². The van der Waals surface area contributed by atoms with E-state index in [1.807, 2.05) is 97.3 Å². The van der Waals surface area contributed by atoms with Gasteiger partial charge < -0.3 is 14.0 Å². The van der Waals surface area contributed by atoms with Gasteiger partial charge in [-0.05, 0) is 35.4 Å². The molecule has 0 saturated carbocycles. The monoisotopic (exact) mass is 763 g/mol. The van der Waals surface area contributed by atoms with Crippen molar-refractivity contribution in [2.45, 2.75) is 26.2 Å². The number of rotatable bonds is 3. The zero-order valence-electron chi connectivity index (χ0n) is 25.2. The Bertz CT molecular complexity index is 2160. The molecule has 223 valence electrons. The summed E-state index contributed by atoms with van der Waals surface area (Å²) in [6.07, 6.45) is 5.61. The summed E-state index contributed by atoms with van der Waals surface area (Å²) in [7, 11) is 0. The van der Waals surface area contributed by atoms with Crippen molar-refractivity contribution in [2.75, 3.05) is 0 Å². The zero-order valence-corrected chi connectivity index (χ0v) is 27.5. The van der Waals surface area contributed by atoms with Crippen LogP contribution in [0.1, 0.15) is 26.3 Å². The fourth-order valence-electron chi connectivity index (χ4n) is 5.48. The molecular formula is C39H30IrN4O-2. The van der Waals surface area contributed by atoms with Gasteiger partial charge in [0.25, 0.3) is 0 Å². The van der Waals surface area contributed by atoms with Gasteiger partial charge in [-0.3, -0.25) is 9.97 Å². The number of imidazole rings is 1. The zero-order chi connectivity index (χ0) is 30.1. The molecule has 0 fully saturated rings. The molecule has 0 atom stereocenters. The molecule has 4 aromatic carbocycles. The summed E-state index contributed by atoms with van der Waals surface area (Å²) in [6.45, 7) is 6.57. The number of fused-ring (bicyclic) bond motifs is 4. The molecule has 0 saturated heterocycles. The molecule has 8 rings (SSSR count). The number of nitrogens with zero attached hydrogens (tertiary/aromatic N) is 4. The topological polar surface area (TPSA) is 56.7 Å². The summed E-state index contributed by atoms with van der Waals surface area (Å²) >= 11 is 0. The van der Waals surface area contributed by atoms with Crippen molar-refractivity contribution >= 4 is 33.0 Å². The molecule has 0 spiro atoms. The fraction of sp³-hybridized carbons (Fsp3) is 0.103. The number of pyridine rings is 2. The smallest absolute Gasteiger partial charge is 0.120 e. The Morgan fingerprint density at radius 3 is 2.27 bits per heavy atom. The second-order valence-corrected chi connectivity index (χ2v) is 11.6. The first-order chi connectivity index (χ1) is 21.5. The second-order valence-electron chi connectivity index (χ2n) is 11.6. The van der Waals surface area contributed by atoms with Gasteiger partial charge in [-0.15, -0.1) is 54.1 Å². The van der Waals surface area contributed by atoms with E-state index >= 15 is 0 Å². The normalized spacial score (nSPS) is 11.3. The molecule has 4 heterocycles. The van der Waals surface area contributed by atoms with Gasteiger partial charge in [0.15, 0.2) is 0 Å². The molecule has 0 bridgehead atoms. The van der Waals surface area contributed by atoms with E-state index < -0.39 is 0 Å². The van der Waals surface area contributed by atoms with Crippen LogP contribution in [0, 0.1) is 12.1 Å². The van der Waals surface area contributed by atoms with Crippen molar-refractivity contribution in [3.63, 3.8) is 0 Å². The summed E-state index contributed by atoms with van der Waals surface area (Å²) < 4.78 is 8.48. The van der Waals surface area contributed by atoms with E-state index in [0.717, 1.165) is 66.9 Å². The predicted molar refractivity (Wildman–Crippen MR) is 178 cm³/mol. The maximum Gasteiger partial charge on any atom is 0.120 e. The summed E-state index contributed by atoms with van der Waals surface area (Å²) in [5.74, 6) is 0.800. The average Bonchev–Trinajstić information content (AvgIpc) is 3.65. The number of para-hydroxylation sites is 2. The average molecular weight is 763 g/mol. The predicted octanol–water partition coefficient (Wildman–Crippen LogP) is 9.63. The van der Waals surface area contributed by atoms with Crippen LogP contribution in [0.25, 0.3) is 61.3 Å². The van der Waals surface area contributed by atoms with E-state index in [9.17, 15) is 0 Å². The van der Waals surface area contributed by atoms with E-state index in [2.05, 4.69) is 71.7 Å². The molecule has 0 aliphatic carbocycles. The first-order valence-corrected chi connectivity index (χ1v) is 14.6. The van der Waals surface area contributed by atoms with Crippen molar-refractivity contribution in [2.24, 2.45) is 0 Å². The third-order valence-corrected chi connectivity index (χ3v) is 7.60. The molecule has 8 aromatic rings. The first kappa shape index (κ1) is 30.1. The van der Waals surface area contributed by atoms with Gasteiger partial charge in [-0.25, -0.2) is 0 Å². The molecule has 0 aliphatic rings. The number of hydrogen-bond acceptors (Lipinski definition) is 4. The molecule has 5 nitrogen and oxygen atoms in total. The molecule has 1 radical (unpaired) electrons. The van der Waals surface area contributed by atoms with E-state index in [0.29, 0.717) is 0 Å². The fourth-order valence-corrected chi connectivity index (χ4v) is 5.48. The number of benzene rings is 4. The Morgan fingerprint density at radius 1 is 0.733 bits per heavy atom. The molecule has 6 heteroatoms. The van der Waals surface area contributed by atoms with Crippen LogP contribution in [0.15, 0.2) is 132 Å². The second kappa shape index (κ2) is 12.6. The van der Waals surface area contributed by atoms with Gasteiger partial charge in [0.1, 0.15) is 5.58 Å². The van der Waals surface area contributed by atoms with Crippen molar-refractivity contribution < 1.29 is 24.5 Å². The van der Waals surface area contributed by atoms with Crippen molar-refractivity contribution in [3.8, 4) is 28.3 Å². The Morgan fingerprint density at radius 2 is 1.51 bits per heavy atom. The summed E-state index contributed by atoms with van der Waals surface area (Å²) in [5, 5.41) is 2.16. The molecule has 0 aliphatic heterocycles. The molecular weight excluding hydrogens is 733 g/mol. The van der Waals surface area contributed by atoms with Crippen molar-refractivity contribution in [1.82, 2.24) is 19.5 Å². The van der Waals surface area contributed by atoms with Gasteiger partial charge >= 0.3 is 0 Å². The summed E-state index contributed by atoms with van der Waals surface area (Å²) in [5.41, 5.74) is 8.49. The Labute approximate surface area is 276 Å². The van der Waals surface area contributed by atoms with Crippen molar-refractivity contribution in [1.29, 1.82) is 0 Å². The molecule has 0 amide bonds. The van der Waals surface area contributed by atoms with Crippen LogP contribution in [-0.4, -0.2) is 19.5 Å². The van der Waals surface area contributed by atoms with Crippen LogP contribution in [0.5, 0.6) is 0 Å². The number of hydrogen-bond donors (Lipinski definition) is 0. The minimum absolute atomic E-state index is 0. The Hall–Kier alpha value is -4.90. The maximum absolute atomic E-state index is 6.32. The Kier molecular flexibility index (Phi) is 8.44. The van der Waals surface area contributed by atoms with Crippen LogP contribution >= 0.6 is 0 Å². The first-order valence-electron chi connectivity index (χ1n) is 14.6. The van der Waals surface area contributed by atoms with Gasteiger partial charge in [-0.2, -0.15) is 0 Å². The summed E-state index contributed by atoms with van der Waals surface area (Å²) in [4.78, 5) is 14.0. The third kappa shape index (κ3) is 5.83. The minimum atomic E-state index is -0.0886. The van der Waals surface area contributed by atoms with Crippen LogP contribution in [-0.2, 0) is 25.5 Å². The molecule has 4 aromatic heterocycles. The van der Waals surface area contributed by atoms with E-state index in [4.69, 9.17) is 9.40 Å². The number of aromatic nitrogens is 4. The minimum Gasteiger partial charge on any atom is -0.501 e.